The number of anilines is 1. The van der Waals surface area contributed by atoms with Gasteiger partial charge in [-0.1, -0.05) is 12.0 Å². The number of hydrogen-bond donors (Lipinski definition) is 1. The maximum atomic E-state index is 11.0. The van der Waals surface area contributed by atoms with Crippen molar-refractivity contribution in [2.45, 2.75) is 13.0 Å². The first-order valence-corrected chi connectivity index (χ1v) is 5.08. The van der Waals surface area contributed by atoms with Crippen molar-refractivity contribution in [1.82, 2.24) is 0 Å². The van der Waals surface area contributed by atoms with Crippen LogP contribution < -0.4 is 4.90 Å². The van der Waals surface area contributed by atoms with Gasteiger partial charge in [-0.2, -0.15) is 0 Å². The first-order chi connectivity index (χ1) is 7.97. The SMILES string of the molecule is C#CCN(C)c1ccc(C(C)O)cc1[N+](=O)[O-]. The highest BCUT2D eigenvalue weighted by Gasteiger charge is 2.18. The topological polar surface area (TPSA) is 66.6 Å². The Kier molecular flexibility index (Phi) is 4.07. The number of benzene rings is 1. The van der Waals surface area contributed by atoms with Gasteiger partial charge in [0, 0.05) is 13.1 Å². The van der Waals surface area contributed by atoms with Gasteiger partial charge >= 0.3 is 0 Å². The summed E-state index contributed by atoms with van der Waals surface area (Å²) in [5.41, 5.74) is 0.896. The van der Waals surface area contributed by atoms with E-state index in [1.54, 1.807) is 31.0 Å². The molecule has 0 amide bonds. The third-order valence-corrected chi connectivity index (χ3v) is 2.42. The zero-order valence-corrected chi connectivity index (χ0v) is 9.75. The Balaban J connectivity index is 3.23. The van der Waals surface area contributed by atoms with Gasteiger partial charge in [0.1, 0.15) is 5.69 Å². The third kappa shape index (κ3) is 2.95. The lowest BCUT2D eigenvalue weighted by atomic mass is 10.1. The molecule has 90 valence electrons. The number of rotatable bonds is 4. The summed E-state index contributed by atoms with van der Waals surface area (Å²) in [6.07, 6.45) is 4.43. The van der Waals surface area contributed by atoms with Crippen LogP contribution in [0.4, 0.5) is 11.4 Å². The normalized spacial score (nSPS) is 11.6. The van der Waals surface area contributed by atoms with E-state index in [1.807, 2.05) is 0 Å². The number of nitro groups is 1. The van der Waals surface area contributed by atoms with E-state index < -0.39 is 11.0 Å². The molecule has 0 radical (unpaired) electrons. The summed E-state index contributed by atoms with van der Waals surface area (Å²) in [4.78, 5) is 12.1. The van der Waals surface area contributed by atoms with E-state index >= 15 is 0 Å². The second-order valence-corrected chi connectivity index (χ2v) is 3.74. The van der Waals surface area contributed by atoms with Gasteiger partial charge in [0.05, 0.1) is 17.6 Å². The van der Waals surface area contributed by atoms with Crippen molar-refractivity contribution in [2.75, 3.05) is 18.5 Å². The van der Waals surface area contributed by atoms with Crippen LogP contribution in [0.5, 0.6) is 0 Å². The molecule has 1 atom stereocenters. The summed E-state index contributed by atoms with van der Waals surface area (Å²) in [5, 5.41) is 20.3. The van der Waals surface area contributed by atoms with E-state index in [2.05, 4.69) is 5.92 Å². The average Bonchev–Trinajstić information content (AvgIpc) is 2.28. The van der Waals surface area contributed by atoms with Crippen LogP contribution in [0.15, 0.2) is 18.2 Å². The van der Waals surface area contributed by atoms with Gasteiger partial charge in [-0.05, 0) is 18.6 Å². The quantitative estimate of drug-likeness (QED) is 0.489. The molecule has 5 nitrogen and oxygen atoms in total. The smallest absolute Gasteiger partial charge is 0.292 e. The Morgan fingerprint density at radius 3 is 2.76 bits per heavy atom. The number of aliphatic hydroxyl groups is 1. The van der Waals surface area contributed by atoms with E-state index in [4.69, 9.17) is 6.42 Å². The minimum absolute atomic E-state index is 0.0545. The molecule has 0 saturated heterocycles. The van der Waals surface area contributed by atoms with Crippen LogP contribution >= 0.6 is 0 Å². The Morgan fingerprint density at radius 1 is 1.65 bits per heavy atom. The maximum absolute atomic E-state index is 11.0. The van der Waals surface area contributed by atoms with Crippen molar-refractivity contribution in [2.24, 2.45) is 0 Å². The van der Waals surface area contributed by atoms with E-state index in [1.165, 1.54) is 6.07 Å². The number of nitro benzene ring substituents is 1. The second-order valence-electron chi connectivity index (χ2n) is 3.74. The Hall–Kier alpha value is -2.06. The zero-order chi connectivity index (χ0) is 13.0. The largest absolute Gasteiger partial charge is 0.389 e. The molecule has 1 rings (SSSR count). The van der Waals surface area contributed by atoms with E-state index in [0.29, 0.717) is 11.3 Å². The molecular formula is C12H14N2O3. The van der Waals surface area contributed by atoms with Crippen molar-refractivity contribution >= 4 is 11.4 Å². The molecule has 0 aliphatic heterocycles. The molecule has 17 heavy (non-hydrogen) atoms. The molecule has 1 aromatic carbocycles. The van der Waals surface area contributed by atoms with Crippen molar-refractivity contribution in [3.63, 3.8) is 0 Å². The van der Waals surface area contributed by atoms with Gasteiger partial charge in [0.2, 0.25) is 0 Å². The van der Waals surface area contributed by atoms with Crippen molar-refractivity contribution < 1.29 is 10.0 Å². The first kappa shape index (κ1) is 13.0. The summed E-state index contributed by atoms with van der Waals surface area (Å²) in [7, 11) is 1.68. The predicted octanol–water partition coefficient (Wildman–Crippen LogP) is 1.72. The molecule has 1 unspecified atom stereocenters. The maximum Gasteiger partial charge on any atom is 0.292 e. The summed E-state index contributed by atoms with van der Waals surface area (Å²) >= 11 is 0. The summed E-state index contributed by atoms with van der Waals surface area (Å²) < 4.78 is 0. The minimum atomic E-state index is -0.735. The van der Waals surface area contributed by atoms with Crippen molar-refractivity contribution in [3.8, 4) is 12.3 Å². The standard InChI is InChI=1S/C12H14N2O3/c1-4-7-13(3)11-6-5-10(9(2)15)8-12(11)14(16)17/h1,5-6,8-9,15H,7H2,2-3H3. The van der Waals surface area contributed by atoms with E-state index in [-0.39, 0.29) is 12.2 Å². The highest BCUT2D eigenvalue weighted by molar-refractivity contribution is 5.64. The molecule has 0 aliphatic carbocycles. The fourth-order valence-electron chi connectivity index (χ4n) is 1.49. The number of aliphatic hydroxyl groups excluding tert-OH is 1. The number of hydrogen-bond acceptors (Lipinski definition) is 4. The van der Waals surface area contributed by atoms with Crippen LogP contribution in [0.3, 0.4) is 0 Å². The molecule has 0 aromatic heterocycles. The molecule has 0 heterocycles. The lowest BCUT2D eigenvalue weighted by Gasteiger charge is -2.17. The van der Waals surface area contributed by atoms with Crippen LogP contribution in [0.25, 0.3) is 0 Å². The lowest BCUT2D eigenvalue weighted by Crippen LogP contribution is -2.18. The fourth-order valence-corrected chi connectivity index (χ4v) is 1.49. The molecule has 0 saturated carbocycles. The molecule has 0 bridgehead atoms. The Morgan fingerprint density at radius 2 is 2.29 bits per heavy atom. The van der Waals surface area contributed by atoms with Crippen molar-refractivity contribution in [1.29, 1.82) is 0 Å². The van der Waals surface area contributed by atoms with Crippen LogP contribution in [-0.2, 0) is 0 Å². The second kappa shape index (κ2) is 5.32. The number of nitrogens with zero attached hydrogens (tertiary/aromatic N) is 2. The van der Waals surface area contributed by atoms with Gasteiger partial charge < -0.3 is 10.0 Å². The molecule has 0 fully saturated rings. The van der Waals surface area contributed by atoms with E-state index in [9.17, 15) is 15.2 Å². The van der Waals surface area contributed by atoms with Crippen molar-refractivity contribution in [3.05, 3.63) is 33.9 Å². The fraction of sp³-hybridized carbons (Fsp3) is 0.333. The lowest BCUT2D eigenvalue weighted by molar-refractivity contribution is -0.384. The Bertz CT molecular complexity index is 463. The third-order valence-electron chi connectivity index (χ3n) is 2.42. The summed E-state index contributed by atoms with van der Waals surface area (Å²) in [6.45, 7) is 1.85. The minimum Gasteiger partial charge on any atom is -0.389 e. The molecule has 5 heteroatoms. The summed E-state index contributed by atoms with van der Waals surface area (Å²) in [6, 6.07) is 4.62. The molecular weight excluding hydrogens is 220 g/mol. The average molecular weight is 234 g/mol. The highest BCUT2D eigenvalue weighted by atomic mass is 16.6. The Labute approximate surface area is 99.8 Å². The van der Waals surface area contributed by atoms with Crippen LogP contribution in [0.1, 0.15) is 18.6 Å². The van der Waals surface area contributed by atoms with Crippen LogP contribution in [0.2, 0.25) is 0 Å². The highest BCUT2D eigenvalue weighted by Crippen LogP contribution is 2.30. The molecule has 1 N–H and O–H groups in total. The van der Waals surface area contributed by atoms with Gasteiger partial charge in [-0.25, -0.2) is 0 Å². The van der Waals surface area contributed by atoms with Crippen LogP contribution in [-0.4, -0.2) is 23.6 Å². The van der Waals surface area contributed by atoms with Gasteiger partial charge in [0.25, 0.3) is 5.69 Å². The molecule has 0 aliphatic rings. The molecule has 0 spiro atoms. The van der Waals surface area contributed by atoms with Gasteiger partial charge in [-0.3, -0.25) is 10.1 Å². The van der Waals surface area contributed by atoms with E-state index in [0.717, 1.165) is 0 Å². The van der Waals surface area contributed by atoms with Gasteiger partial charge in [0.15, 0.2) is 0 Å². The van der Waals surface area contributed by atoms with Crippen LogP contribution in [0, 0.1) is 22.5 Å². The monoisotopic (exact) mass is 234 g/mol. The summed E-state index contributed by atoms with van der Waals surface area (Å²) in [5.74, 6) is 2.42. The van der Waals surface area contributed by atoms with Gasteiger partial charge in [-0.15, -0.1) is 6.42 Å². The number of terminal acetylenes is 1. The first-order valence-electron chi connectivity index (χ1n) is 5.08. The zero-order valence-electron chi connectivity index (χ0n) is 9.75. The molecule has 1 aromatic rings. The predicted molar refractivity (Wildman–Crippen MR) is 65.8 cm³/mol.